The molecule has 0 amide bonds. The monoisotopic (exact) mass is 311 g/mol. The highest BCUT2D eigenvalue weighted by Crippen LogP contribution is 2.38. The minimum absolute atomic E-state index is 0.00514. The number of thiophene rings is 1. The van der Waals surface area contributed by atoms with Crippen molar-refractivity contribution in [2.45, 2.75) is 32.6 Å². The van der Waals surface area contributed by atoms with E-state index in [1.165, 1.54) is 17.7 Å². The van der Waals surface area contributed by atoms with Crippen LogP contribution in [0.4, 0.5) is 5.82 Å². The highest BCUT2D eigenvalue weighted by molar-refractivity contribution is 7.18. The number of hydrogen-bond donors (Lipinski definition) is 2. The van der Waals surface area contributed by atoms with Crippen LogP contribution < -0.4 is 5.32 Å². The number of aliphatic hydroxyl groups is 1. The maximum Gasteiger partial charge on any atom is 0.225 e. The summed E-state index contributed by atoms with van der Waals surface area (Å²) < 4.78 is 0. The van der Waals surface area contributed by atoms with Crippen molar-refractivity contribution >= 4 is 39.0 Å². The van der Waals surface area contributed by atoms with E-state index in [2.05, 4.69) is 28.3 Å². The second kappa shape index (κ2) is 5.47. The van der Waals surface area contributed by atoms with Gasteiger partial charge in [-0.15, -0.1) is 11.3 Å². The van der Waals surface area contributed by atoms with E-state index in [0.717, 1.165) is 35.4 Å². The van der Waals surface area contributed by atoms with Crippen molar-refractivity contribution < 1.29 is 5.11 Å². The Labute approximate surface area is 127 Å². The highest BCUT2D eigenvalue weighted by atomic mass is 35.5. The third kappa shape index (κ3) is 2.62. The maximum absolute atomic E-state index is 9.67. The van der Waals surface area contributed by atoms with Gasteiger partial charge in [0, 0.05) is 16.8 Å². The van der Waals surface area contributed by atoms with Gasteiger partial charge in [-0.1, -0.05) is 12.8 Å². The van der Waals surface area contributed by atoms with Crippen molar-refractivity contribution in [2.75, 3.05) is 18.5 Å². The standard InChI is InChI=1S/C14H18ClN3OS/c1-9-6-10-11(17-13(15)18-12(10)20-9)16-7-14(8-19)4-2-3-5-14/h6,19H,2-5,7-8H2,1H3,(H,16,17,18). The SMILES string of the molecule is Cc1cc2c(NCC3(CO)CCCC3)nc(Cl)nc2s1. The lowest BCUT2D eigenvalue weighted by Crippen LogP contribution is -2.30. The fourth-order valence-corrected chi connectivity index (χ4v) is 4.04. The number of rotatable bonds is 4. The summed E-state index contributed by atoms with van der Waals surface area (Å²) in [6, 6.07) is 2.08. The molecular weight excluding hydrogens is 294 g/mol. The number of aryl methyl sites for hydroxylation is 1. The Kier molecular flexibility index (Phi) is 3.84. The van der Waals surface area contributed by atoms with Gasteiger partial charge in [0.2, 0.25) is 5.28 Å². The predicted octanol–water partition coefficient (Wildman–Crippen LogP) is 3.62. The molecule has 0 aromatic carbocycles. The molecule has 6 heteroatoms. The normalized spacial score (nSPS) is 17.8. The Balaban J connectivity index is 1.86. The van der Waals surface area contributed by atoms with Gasteiger partial charge in [0.1, 0.15) is 10.6 Å². The van der Waals surface area contributed by atoms with Gasteiger partial charge in [-0.3, -0.25) is 0 Å². The fraction of sp³-hybridized carbons (Fsp3) is 0.571. The fourth-order valence-electron chi connectivity index (χ4n) is 2.94. The van der Waals surface area contributed by atoms with Crippen LogP contribution in [-0.4, -0.2) is 28.2 Å². The average molecular weight is 312 g/mol. The largest absolute Gasteiger partial charge is 0.396 e. The second-order valence-corrected chi connectivity index (χ2v) is 7.21. The molecule has 0 atom stereocenters. The van der Waals surface area contributed by atoms with Crippen LogP contribution in [0.15, 0.2) is 6.07 Å². The molecule has 20 heavy (non-hydrogen) atoms. The lowest BCUT2D eigenvalue weighted by atomic mass is 9.87. The number of aromatic nitrogens is 2. The molecule has 108 valence electrons. The van der Waals surface area contributed by atoms with Gasteiger partial charge in [0.25, 0.3) is 0 Å². The molecule has 2 heterocycles. The average Bonchev–Trinajstić information content (AvgIpc) is 3.02. The van der Waals surface area contributed by atoms with Crippen molar-refractivity contribution in [1.82, 2.24) is 9.97 Å². The van der Waals surface area contributed by atoms with E-state index in [4.69, 9.17) is 11.6 Å². The minimum atomic E-state index is -0.00514. The van der Waals surface area contributed by atoms with Crippen molar-refractivity contribution in [3.8, 4) is 0 Å². The Bertz CT molecular complexity index is 622. The van der Waals surface area contributed by atoms with E-state index in [1.807, 2.05) is 0 Å². The van der Waals surface area contributed by atoms with Crippen LogP contribution >= 0.6 is 22.9 Å². The summed E-state index contributed by atoms with van der Waals surface area (Å²) in [5, 5.41) is 14.3. The molecule has 2 aromatic rings. The van der Waals surface area contributed by atoms with E-state index < -0.39 is 0 Å². The van der Waals surface area contributed by atoms with Gasteiger partial charge in [0.15, 0.2) is 0 Å². The minimum Gasteiger partial charge on any atom is -0.396 e. The van der Waals surface area contributed by atoms with Crippen molar-refractivity contribution in [3.05, 3.63) is 16.2 Å². The van der Waals surface area contributed by atoms with E-state index in [9.17, 15) is 5.11 Å². The summed E-state index contributed by atoms with van der Waals surface area (Å²) in [7, 11) is 0. The van der Waals surface area contributed by atoms with Crippen LogP contribution in [-0.2, 0) is 0 Å². The Morgan fingerprint density at radius 2 is 2.15 bits per heavy atom. The van der Waals surface area contributed by atoms with Crippen molar-refractivity contribution in [1.29, 1.82) is 0 Å². The van der Waals surface area contributed by atoms with Crippen LogP contribution in [0.1, 0.15) is 30.6 Å². The first-order valence-corrected chi connectivity index (χ1v) is 8.10. The molecule has 0 aliphatic heterocycles. The summed E-state index contributed by atoms with van der Waals surface area (Å²) in [6.07, 6.45) is 4.53. The van der Waals surface area contributed by atoms with Gasteiger partial charge in [0.05, 0.1) is 12.0 Å². The summed E-state index contributed by atoms with van der Waals surface area (Å²) in [6.45, 7) is 3.02. The van der Waals surface area contributed by atoms with Gasteiger partial charge >= 0.3 is 0 Å². The van der Waals surface area contributed by atoms with E-state index in [0.29, 0.717) is 0 Å². The highest BCUT2D eigenvalue weighted by Gasteiger charge is 2.33. The molecule has 1 fully saturated rings. The number of anilines is 1. The molecule has 3 rings (SSSR count). The van der Waals surface area contributed by atoms with Crippen LogP contribution in [0.3, 0.4) is 0 Å². The first-order chi connectivity index (χ1) is 9.62. The molecule has 0 saturated heterocycles. The van der Waals surface area contributed by atoms with Crippen molar-refractivity contribution in [2.24, 2.45) is 5.41 Å². The van der Waals surface area contributed by atoms with E-state index >= 15 is 0 Å². The van der Waals surface area contributed by atoms with E-state index in [1.54, 1.807) is 11.3 Å². The molecule has 1 saturated carbocycles. The Hall–Kier alpha value is -0.910. The molecule has 0 spiro atoms. The number of nitrogens with zero attached hydrogens (tertiary/aromatic N) is 2. The number of hydrogen-bond acceptors (Lipinski definition) is 5. The third-order valence-corrected chi connectivity index (χ3v) is 5.23. The topological polar surface area (TPSA) is 58.0 Å². The van der Waals surface area contributed by atoms with Crippen LogP contribution in [0, 0.1) is 12.3 Å². The summed E-state index contributed by atoms with van der Waals surface area (Å²) in [5.74, 6) is 0.782. The lowest BCUT2D eigenvalue weighted by molar-refractivity contribution is 0.142. The first kappa shape index (κ1) is 14.0. The van der Waals surface area contributed by atoms with Gasteiger partial charge in [-0.25, -0.2) is 9.97 Å². The molecular formula is C14H18ClN3OS. The predicted molar refractivity (Wildman–Crippen MR) is 83.6 cm³/mol. The number of nitrogens with one attached hydrogen (secondary N) is 1. The molecule has 0 radical (unpaired) electrons. The van der Waals surface area contributed by atoms with Gasteiger partial charge in [-0.05, 0) is 37.4 Å². The quantitative estimate of drug-likeness (QED) is 0.847. The van der Waals surface area contributed by atoms with Gasteiger partial charge < -0.3 is 10.4 Å². The zero-order valence-corrected chi connectivity index (χ0v) is 13.0. The molecule has 0 unspecified atom stereocenters. The lowest BCUT2D eigenvalue weighted by Gasteiger charge is -2.27. The number of halogens is 1. The Morgan fingerprint density at radius 3 is 2.85 bits per heavy atom. The number of aliphatic hydroxyl groups excluding tert-OH is 1. The molecule has 2 N–H and O–H groups in total. The number of fused-ring (bicyclic) bond motifs is 1. The molecule has 4 nitrogen and oxygen atoms in total. The first-order valence-electron chi connectivity index (χ1n) is 6.90. The van der Waals surface area contributed by atoms with Crippen LogP contribution in [0.2, 0.25) is 5.28 Å². The molecule has 2 aromatic heterocycles. The maximum atomic E-state index is 9.67. The van der Waals surface area contributed by atoms with Crippen LogP contribution in [0.25, 0.3) is 10.2 Å². The van der Waals surface area contributed by atoms with Crippen molar-refractivity contribution in [3.63, 3.8) is 0 Å². The molecule has 1 aliphatic rings. The second-order valence-electron chi connectivity index (χ2n) is 5.64. The van der Waals surface area contributed by atoms with E-state index in [-0.39, 0.29) is 17.3 Å². The van der Waals surface area contributed by atoms with Gasteiger partial charge in [-0.2, -0.15) is 0 Å². The summed E-state index contributed by atoms with van der Waals surface area (Å²) >= 11 is 7.61. The third-order valence-electron chi connectivity index (χ3n) is 4.12. The zero-order valence-electron chi connectivity index (χ0n) is 11.4. The Morgan fingerprint density at radius 1 is 1.40 bits per heavy atom. The molecule has 0 bridgehead atoms. The smallest absolute Gasteiger partial charge is 0.225 e. The summed E-state index contributed by atoms with van der Waals surface area (Å²) in [5.41, 5.74) is -0.00514. The summed E-state index contributed by atoms with van der Waals surface area (Å²) in [4.78, 5) is 10.7. The molecule has 1 aliphatic carbocycles. The van der Waals surface area contributed by atoms with Crippen LogP contribution in [0.5, 0.6) is 0 Å². The zero-order chi connectivity index (χ0) is 14.2.